The number of nitrogens with one attached hydrogen (secondary N) is 1. The summed E-state index contributed by atoms with van der Waals surface area (Å²) in [4.78, 5) is 11.9. The lowest BCUT2D eigenvalue weighted by molar-refractivity contribution is -0.122. The standard InChI is InChI=1S/C17H26N2O2/c1-2-13-6-8-15(9-7-13)19-17(20)10-11-21-16-5-3-4-14(18)12-16/h3-5,12-13,15H,2,6-11,18H2,1H3,(H,19,20). The van der Waals surface area contributed by atoms with Crippen LogP contribution in [0.25, 0.3) is 0 Å². The predicted octanol–water partition coefficient (Wildman–Crippen LogP) is 3.12. The second kappa shape index (κ2) is 7.91. The third-order valence-electron chi connectivity index (χ3n) is 4.25. The molecular weight excluding hydrogens is 264 g/mol. The monoisotopic (exact) mass is 290 g/mol. The maximum atomic E-state index is 11.9. The van der Waals surface area contributed by atoms with Gasteiger partial charge in [-0.1, -0.05) is 19.4 Å². The van der Waals surface area contributed by atoms with Gasteiger partial charge in [-0.25, -0.2) is 0 Å². The fraction of sp³-hybridized carbons (Fsp3) is 0.588. The molecule has 0 atom stereocenters. The topological polar surface area (TPSA) is 64.3 Å². The molecule has 0 spiro atoms. The lowest BCUT2D eigenvalue weighted by Crippen LogP contribution is -2.38. The summed E-state index contributed by atoms with van der Waals surface area (Å²) < 4.78 is 5.54. The minimum absolute atomic E-state index is 0.0823. The molecule has 0 heterocycles. The van der Waals surface area contributed by atoms with E-state index in [1.54, 1.807) is 6.07 Å². The van der Waals surface area contributed by atoms with Crippen LogP contribution in [0.1, 0.15) is 45.4 Å². The first kappa shape index (κ1) is 15.7. The van der Waals surface area contributed by atoms with Gasteiger partial charge < -0.3 is 15.8 Å². The molecule has 2 rings (SSSR count). The molecule has 1 aromatic carbocycles. The van der Waals surface area contributed by atoms with Crippen molar-refractivity contribution in [3.63, 3.8) is 0 Å². The van der Waals surface area contributed by atoms with E-state index in [1.165, 1.54) is 19.3 Å². The molecule has 1 fully saturated rings. The molecule has 1 aromatic rings. The zero-order chi connectivity index (χ0) is 15.1. The van der Waals surface area contributed by atoms with Gasteiger partial charge in [0.15, 0.2) is 0 Å². The largest absolute Gasteiger partial charge is 0.493 e. The smallest absolute Gasteiger partial charge is 0.223 e. The highest BCUT2D eigenvalue weighted by Crippen LogP contribution is 2.26. The average Bonchev–Trinajstić information content (AvgIpc) is 2.48. The number of ether oxygens (including phenoxy) is 1. The summed E-state index contributed by atoms with van der Waals surface area (Å²) in [5.41, 5.74) is 6.35. The normalized spacial score (nSPS) is 21.8. The fourth-order valence-corrected chi connectivity index (χ4v) is 2.88. The molecule has 0 aliphatic heterocycles. The van der Waals surface area contributed by atoms with Gasteiger partial charge in [0.1, 0.15) is 5.75 Å². The average molecular weight is 290 g/mol. The van der Waals surface area contributed by atoms with Gasteiger partial charge in [-0.2, -0.15) is 0 Å². The third kappa shape index (κ3) is 5.29. The van der Waals surface area contributed by atoms with Crippen molar-refractivity contribution in [3.8, 4) is 5.75 Å². The zero-order valence-corrected chi connectivity index (χ0v) is 12.8. The SMILES string of the molecule is CCC1CCC(NC(=O)CCOc2cccc(N)c2)CC1. The summed E-state index contributed by atoms with van der Waals surface area (Å²) in [7, 11) is 0. The van der Waals surface area contributed by atoms with Crippen molar-refractivity contribution in [2.24, 2.45) is 5.92 Å². The summed E-state index contributed by atoms with van der Waals surface area (Å²) in [5.74, 6) is 1.65. The number of carbonyl (C=O) groups excluding carboxylic acids is 1. The van der Waals surface area contributed by atoms with Gasteiger partial charge in [0.2, 0.25) is 5.91 Å². The van der Waals surface area contributed by atoms with Gasteiger partial charge in [-0.05, 0) is 43.7 Å². The van der Waals surface area contributed by atoms with Crippen molar-refractivity contribution in [2.45, 2.75) is 51.5 Å². The van der Waals surface area contributed by atoms with Crippen molar-refractivity contribution in [1.29, 1.82) is 0 Å². The third-order valence-corrected chi connectivity index (χ3v) is 4.25. The Bertz CT molecular complexity index is 454. The molecule has 1 amide bonds. The predicted molar refractivity (Wildman–Crippen MR) is 85.1 cm³/mol. The highest BCUT2D eigenvalue weighted by Gasteiger charge is 2.21. The second-order valence-corrected chi connectivity index (χ2v) is 5.86. The Balaban J connectivity index is 1.64. The van der Waals surface area contributed by atoms with Crippen LogP contribution < -0.4 is 15.8 Å². The lowest BCUT2D eigenvalue weighted by atomic mass is 9.84. The molecule has 0 unspecified atom stereocenters. The number of anilines is 1. The number of hydrogen-bond acceptors (Lipinski definition) is 3. The first-order valence-electron chi connectivity index (χ1n) is 7.95. The Morgan fingerprint density at radius 2 is 2.10 bits per heavy atom. The molecule has 116 valence electrons. The van der Waals surface area contributed by atoms with E-state index >= 15 is 0 Å². The van der Waals surface area contributed by atoms with Crippen LogP contribution in [0.2, 0.25) is 0 Å². The summed E-state index contributed by atoms with van der Waals surface area (Å²) in [6.07, 6.45) is 6.35. The van der Waals surface area contributed by atoms with E-state index in [4.69, 9.17) is 10.5 Å². The van der Waals surface area contributed by atoms with Crippen LogP contribution in [-0.4, -0.2) is 18.6 Å². The van der Waals surface area contributed by atoms with Gasteiger partial charge in [-0.15, -0.1) is 0 Å². The van der Waals surface area contributed by atoms with Crippen LogP contribution >= 0.6 is 0 Å². The Kier molecular flexibility index (Phi) is 5.90. The van der Waals surface area contributed by atoms with E-state index in [2.05, 4.69) is 12.2 Å². The molecule has 4 nitrogen and oxygen atoms in total. The molecule has 0 radical (unpaired) electrons. The highest BCUT2D eigenvalue weighted by molar-refractivity contribution is 5.76. The maximum absolute atomic E-state index is 11.9. The number of hydrogen-bond donors (Lipinski definition) is 2. The van der Waals surface area contributed by atoms with E-state index in [1.807, 2.05) is 18.2 Å². The minimum atomic E-state index is 0.0823. The van der Waals surface area contributed by atoms with Crippen molar-refractivity contribution >= 4 is 11.6 Å². The molecular formula is C17H26N2O2. The number of amides is 1. The van der Waals surface area contributed by atoms with Gasteiger partial charge in [0, 0.05) is 17.8 Å². The van der Waals surface area contributed by atoms with Crippen molar-refractivity contribution < 1.29 is 9.53 Å². The van der Waals surface area contributed by atoms with Crippen LogP contribution in [0, 0.1) is 5.92 Å². The number of benzene rings is 1. The van der Waals surface area contributed by atoms with E-state index in [0.29, 0.717) is 30.5 Å². The molecule has 1 aliphatic carbocycles. The molecule has 0 bridgehead atoms. The Morgan fingerprint density at radius 3 is 2.76 bits per heavy atom. The molecule has 3 N–H and O–H groups in total. The molecule has 4 heteroatoms. The van der Waals surface area contributed by atoms with Crippen LogP contribution in [0.3, 0.4) is 0 Å². The molecule has 0 saturated heterocycles. The summed E-state index contributed by atoms with van der Waals surface area (Å²) in [6, 6.07) is 7.63. The quantitative estimate of drug-likeness (QED) is 0.791. The summed E-state index contributed by atoms with van der Waals surface area (Å²) in [5, 5.41) is 3.12. The summed E-state index contributed by atoms with van der Waals surface area (Å²) in [6.45, 7) is 2.64. The van der Waals surface area contributed by atoms with Crippen molar-refractivity contribution in [1.82, 2.24) is 5.32 Å². The van der Waals surface area contributed by atoms with E-state index in [0.717, 1.165) is 18.8 Å². The van der Waals surface area contributed by atoms with E-state index in [-0.39, 0.29) is 5.91 Å². The number of nitrogen functional groups attached to an aromatic ring is 1. The van der Waals surface area contributed by atoms with E-state index < -0.39 is 0 Å². The van der Waals surface area contributed by atoms with Gasteiger partial charge in [-0.3, -0.25) is 4.79 Å². The molecule has 1 aliphatic rings. The second-order valence-electron chi connectivity index (χ2n) is 5.86. The van der Waals surface area contributed by atoms with Gasteiger partial charge in [0.05, 0.1) is 13.0 Å². The molecule has 1 saturated carbocycles. The number of carbonyl (C=O) groups is 1. The van der Waals surface area contributed by atoms with Gasteiger partial charge >= 0.3 is 0 Å². The van der Waals surface area contributed by atoms with Crippen LogP contribution in [0.5, 0.6) is 5.75 Å². The van der Waals surface area contributed by atoms with Gasteiger partial charge in [0.25, 0.3) is 0 Å². The number of nitrogens with two attached hydrogens (primary N) is 1. The minimum Gasteiger partial charge on any atom is -0.493 e. The van der Waals surface area contributed by atoms with E-state index in [9.17, 15) is 4.79 Å². The van der Waals surface area contributed by atoms with Crippen molar-refractivity contribution in [2.75, 3.05) is 12.3 Å². The first-order chi connectivity index (χ1) is 10.2. The van der Waals surface area contributed by atoms with Crippen LogP contribution in [0.15, 0.2) is 24.3 Å². The maximum Gasteiger partial charge on any atom is 0.223 e. The van der Waals surface area contributed by atoms with Crippen LogP contribution in [0.4, 0.5) is 5.69 Å². The fourth-order valence-electron chi connectivity index (χ4n) is 2.88. The highest BCUT2D eigenvalue weighted by atomic mass is 16.5. The van der Waals surface area contributed by atoms with Crippen LogP contribution in [-0.2, 0) is 4.79 Å². The zero-order valence-electron chi connectivity index (χ0n) is 12.8. The Morgan fingerprint density at radius 1 is 1.33 bits per heavy atom. The number of rotatable bonds is 6. The Hall–Kier alpha value is -1.71. The van der Waals surface area contributed by atoms with Crippen molar-refractivity contribution in [3.05, 3.63) is 24.3 Å². The molecule has 0 aromatic heterocycles. The Labute approximate surface area is 127 Å². The summed E-state index contributed by atoms with van der Waals surface area (Å²) >= 11 is 0. The molecule has 21 heavy (non-hydrogen) atoms. The first-order valence-corrected chi connectivity index (χ1v) is 7.95. The lowest BCUT2D eigenvalue weighted by Gasteiger charge is -2.28.